The van der Waals surface area contributed by atoms with E-state index < -0.39 is 44.5 Å². The van der Waals surface area contributed by atoms with Crippen LogP contribution in [0, 0.1) is 0 Å². The molecular formula is C27H30N4O6S. The third-order valence-electron chi connectivity index (χ3n) is 6.78. The summed E-state index contributed by atoms with van der Waals surface area (Å²) in [6, 6.07) is 12.2. The minimum atomic E-state index is -3.87. The van der Waals surface area contributed by atoms with Gasteiger partial charge in [0.25, 0.3) is 17.6 Å². The van der Waals surface area contributed by atoms with Crippen LogP contribution in [0.4, 0.5) is 5.69 Å². The predicted octanol–water partition coefficient (Wildman–Crippen LogP) is 1.61. The number of para-hydroxylation sites is 1. The molecule has 2 heterocycles. The zero-order valence-corrected chi connectivity index (χ0v) is 22.5. The molecule has 0 aliphatic carbocycles. The molecule has 2 amide bonds. The van der Waals surface area contributed by atoms with Gasteiger partial charge in [-0.25, -0.2) is 12.7 Å². The molecule has 200 valence electrons. The lowest BCUT2D eigenvalue weighted by molar-refractivity contribution is -0.143. The SMILES string of the molecule is C=CCN1C(=O)C2(/C(=C(\O)c3cccc(S(=O)(=O)N(C)C)c3)C(=O)C(=O)N2CCN(C)C)c2ccccc21. The number of anilines is 1. The first-order chi connectivity index (χ1) is 17.9. The lowest BCUT2D eigenvalue weighted by Crippen LogP contribution is -2.53. The molecule has 4 rings (SSSR count). The number of likely N-dealkylation sites (tertiary alicyclic amines) is 1. The number of hydrogen-bond donors (Lipinski definition) is 1. The van der Waals surface area contributed by atoms with Crippen molar-refractivity contribution in [3.63, 3.8) is 0 Å². The van der Waals surface area contributed by atoms with Crippen LogP contribution < -0.4 is 4.90 Å². The Hall–Kier alpha value is -3.80. The van der Waals surface area contributed by atoms with E-state index in [1.807, 2.05) is 4.90 Å². The summed E-state index contributed by atoms with van der Waals surface area (Å²) in [6.45, 7) is 4.23. The summed E-state index contributed by atoms with van der Waals surface area (Å²) in [5.74, 6) is -3.15. The minimum Gasteiger partial charge on any atom is -0.507 e. The number of amides is 2. The summed E-state index contributed by atoms with van der Waals surface area (Å²) in [6.07, 6.45) is 1.54. The summed E-state index contributed by atoms with van der Waals surface area (Å²) >= 11 is 0. The van der Waals surface area contributed by atoms with E-state index in [2.05, 4.69) is 6.58 Å². The molecule has 2 aromatic rings. The molecule has 2 aliphatic heterocycles. The maximum Gasteiger partial charge on any atom is 0.296 e. The summed E-state index contributed by atoms with van der Waals surface area (Å²) < 4.78 is 26.5. The summed E-state index contributed by atoms with van der Waals surface area (Å²) in [7, 11) is 2.48. The Morgan fingerprint density at radius 3 is 2.37 bits per heavy atom. The number of rotatable bonds is 8. The molecule has 0 saturated carbocycles. The van der Waals surface area contributed by atoms with Crippen molar-refractivity contribution in [3.8, 4) is 0 Å². The topological polar surface area (TPSA) is 119 Å². The largest absolute Gasteiger partial charge is 0.507 e. The van der Waals surface area contributed by atoms with Gasteiger partial charge in [-0.3, -0.25) is 14.4 Å². The minimum absolute atomic E-state index is 0.00892. The molecule has 2 aromatic carbocycles. The smallest absolute Gasteiger partial charge is 0.296 e. The Morgan fingerprint density at radius 1 is 1.05 bits per heavy atom. The molecule has 0 aromatic heterocycles. The highest BCUT2D eigenvalue weighted by Gasteiger charge is 2.66. The number of carbonyl (C=O) groups is 3. The van der Waals surface area contributed by atoms with Crippen LogP contribution in [0.3, 0.4) is 0 Å². The van der Waals surface area contributed by atoms with Crippen molar-refractivity contribution in [3.05, 3.63) is 77.9 Å². The quantitative estimate of drug-likeness (QED) is 0.235. The van der Waals surface area contributed by atoms with E-state index in [9.17, 15) is 27.9 Å². The molecule has 2 aliphatic rings. The van der Waals surface area contributed by atoms with E-state index in [0.717, 1.165) is 4.31 Å². The molecule has 1 fully saturated rings. The summed E-state index contributed by atoms with van der Waals surface area (Å²) in [5, 5.41) is 11.6. The number of Topliss-reactive ketones (excluding diaryl/α,β-unsaturated/α-hetero) is 1. The van der Waals surface area contributed by atoms with Crippen molar-refractivity contribution >= 4 is 39.1 Å². The first kappa shape index (κ1) is 27.2. The van der Waals surface area contributed by atoms with Gasteiger partial charge in [0.1, 0.15) is 5.76 Å². The Balaban J connectivity index is 2.05. The van der Waals surface area contributed by atoms with Crippen molar-refractivity contribution in [2.75, 3.05) is 52.7 Å². The number of nitrogens with zero attached hydrogens (tertiary/aromatic N) is 4. The van der Waals surface area contributed by atoms with Gasteiger partial charge in [-0.15, -0.1) is 6.58 Å². The molecule has 38 heavy (non-hydrogen) atoms. The van der Waals surface area contributed by atoms with Gasteiger partial charge in [0.2, 0.25) is 10.0 Å². The standard InChI is InChI=1S/C27H30N4O6S/c1-6-14-30-21-13-8-7-12-20(21)27(26(30)35)22(24(33)25(34)31(27)16-15-28(2)3)23(32)18-10-9-11-19(17-18)38(36,37)29(4)5/h6-13,17,32H,1,14-16H2,2-5H3/b23-22-. The Labute approximate surface area is 222 Å². The third-order valence-corrected chi connectivity index (χ3v) is 8.59. The lowest BCUT2D eigenvalue weighted by atomic mass is 9.82. The van der Waals surface area contributed by atoms with Crippen molar-refractivity contribution in [1.82, 2.24) is 14.1 Å². The Morgan fingerprint density at radius 2 is 1.74 bits per heavy atom. The molecule has 1 N–H and O–H groups in total. The zero-order chi connectivity index (χ0) is 28.0. The van der Waals surface area contributed by atoms with Crippen molar-refractivity contribution in [2.24, 2.45) is 0 Å². The van der Waals surface area contributed by atoms with Crippen LogP contribution in [0.15, 0.2) is 71.7 Å². The Bertz CT molecular complexity index is 1480. The zero-order valence-electron chi connectivity index (χ0n) is 21.7. The van der Waals surface area contributed by atoms with Crippen LogP contribution in [0.25, 0.3) is 5.76 Å². The number of carbonyl (C=O) groups excluding carboxylic acids is 3. The van der Waals surface area contributed by atoms with Crippen LogP contribution in [0.2, 0.25) is 0 Å². The third kappa shape index (κ3) is 3.94. The average molecular weight is 539 g/mol. The molecule has 1 atom stereocenters. The maximum absolute atomic E-state index is 14.3. The number of fused-ring (bicyclic) bond motifs is 2. The highest BCUT2D eigenvalue weighted by atomic mass is 32.2. The van der Waals surface area contributed by atoms with Crippen molar-refractivity contribution in [1.29, 1.82) is 0 Å². The van der Waals surface area contributed by atoms with E-state index in [1.165, 1.54) is 54.2 Å². The van der Waals surface area contributed by atoms with Gasteiger partial charge in [0.05, 0.1) is 16.2 Å². The predicted molar refractivity (Wildman–Crippen MR) is 143 cm³/mol. The lowest BCUT2D eigenvalue weighted by Gasteiger charge is -2.35. The van der Waals surface area contributed by atoms with Crippen molar-refractivity contribution < 1.29 is 27.9 Å². The average Bonchev–Trinajstić information content (AvgIpc) is 3.25. The van der Waals surface area contributed by atoms with Gasteiger partial charge in [-0.05, 0) is 32.3 Å². The highest BCUT2D eigenvalue weighted by molar-refractivity contribution is 7.89. The second-order valence-corrected chi connectivity index (χ2v) is 11.7. The molecular weight excluding hydrogens is 508 g/mol. The summed E-state index contributed by atoms with van der Waals surface area (Å²) in [5.41, 5.74) is -1.47. The van der Waals surface area contributed by atoms with Gasteiger partial charge in [-0.2, -0.15) is 0 Å². The molecule has 1 spiro atoms. The monoisotopic (exact) mass is 538 g/mol. The number of aliphatic hydroxyl groups is 1. The normalized spacial score (nSPS) is 20.7. The summed E-state index contributed by atoms with van der Waals surface area (Å²) in [4.78, 5) is 45.7. The number of aliphatic hydroxyl groups excluding tert-OH is 1. The first-order valence-electron chi connectivity index (χ1n) is 11.9. The van der Waals surface area contributed by atoms with E-state index in [0.29, 0.717) is 17.8 Å². The van der Waals surface area contributed by atoms with E-state index in [4.69, 9.17) is 0 Å². The van der Waals surface area contributed by atoms with Crippen LogP contribution in [-0.2, 0) is 29.9 Å². The molecule has 10 nitrogen and oxygen atoms in total. The van der Waals surface area contributed by atoms with Crippen LogP contribution in [-0.4, -0.2) is 93.1 Å². The van der Waals surface area contributed by atoms with E-state index in [-0.39, 0.29) is 23.5 Å². The van der Waals surface area contributed by atoms with Crippen LogP contribution in [0.5, 0.6) is 0 Å². The number of likely N-dealkylation sites (N-methyl/N-ethyl adjacent to an activating group) is 1. The number of ketones is 1. The number of hydrogen-bond acceptors (Lipinski definition) is 7. The van der Waals surface area contributed by atoms with Crippen molar-refractivity contribution in [2.45, 2.75) is 10.4 Å². The second kappa shape index (κ2) is 9.82. The number of sulfonamides is 1. The van der Waals surface area contributed by atoms with Gasteiger partial charge in [0, 0.05) is 44.9 Å². The van der Waals surface area contributed by atoms with Gasteiger partial charge >= 0.3 is 0 Å². The van der Waals surface area contributed by atoms with Gasteiger partial charge < -0.3 is 19.8 Å². The second-order valence-electron chi connectivity index (χ2n) is 9.56. The van der Waals surface area contributed by atoms with Gasteiger partial charge in [0.15, 0.2) is 5.54 Å². The fraction of sp³-hybridized carbons (Fsp3) is 0.296. The number of benzene rings is 2. The fourth-order valence-electron chi connectivity index (χ4n) is 4.94. The molecule has 1 saturated heterocycles. The van der Waals surface area contributed by atoms with E-state index in [1.54, 1.807) is 38.4 Å². The molecule has 11 heteroatoms. The maximum atomic E-state index is 14.3. The molecule has 0 radical (unpaired) electrons. The fourth-order valence-corrected chi connectivity index (χ4v) is 5.88. The highest BCUT2D eigenvalue weighted by Crippen LogP contribution is 2.53. The molecule has 1 unspecified atom stereocenters. The van der Waals surface area contributed by atoms with E-state index >= 15 is 0 Å². The Kier molecular flexibility index (Phi) is 7.04. The van der Waals surface area contributed by atoms with Crippen LogP contribution >= 0.6 is 0 Å². The van der Waals surface area contributed by atoms with Gasteiger partial charge in [-0.1, -0.05) is 36.4 Å². The molecule has 0 bridgehead atoms. The van der Waals surface area contributed by atoms with Crippen LogP contribution in [0.1, 0.15) is 11.1 Å². The first-order valence-corrected chi connectivity index (χ1v) is 13.3.